The Kier molecular flexibility index (Phi) is 3.76. The van der Waals surface area contributed by atoms with Crippen molar-refractivity contribution in [2.75, 3.05) is 20.3 Å². The number of rotatable bonds is 3. The fourth-order valence-corrected chi connectivity index (χ4v) is 3.44. The van der Waals surface area contributed by atoms with Crippen molar-refractivity contribution in [1.29, 1.82) is 0 Å². The van der Waals surface area contributed by atoms with E-state index in [1.165, 1.54) is 11.1 Å². The van der Waals surface area contributed by atoms with Crippen LogP contribution in [0.5, 0.6) is 0 Å². The zero-order valence-electron chi connectivity index (χ0n) is 11.8. The van der Waals surface area contributed by atoms with Gasteiger partial charge in [0.1, 0.15) is 0 Å². The lowest BCUT2D eigenvalue weighted by molar-refractivity contribution is 0.0647. The third-order valence-corrected chi connectivity index (χ3v) is 4.56. The van der Waals surface area contributed by atoms with Crippen molar-refractivity contribution in [3.63, 3.8) is 0 Å². The number of likely N-dealkylation sites (tertiary alicyclic amines) is 1. The Morgan fingerprint density at radius 1 is 1.45 bits per heavy atom. The molecule has 1 N–H and O–H groups in total. The fraction of sp³-hybridized carbons (Fsp3) is 0.562. The maximum atomic E-state index is 12.8. The molecule has 1 saturated heterocycles. The number of amides is 1. The number of hydrogen-bond acceptors (Lipinski definition) is 3. The van der Waals surface area contributed by atoms with E-state index >= 15 is 0 Å². The van der Waals surface area contributed by atoms with Crippen molar-refractivity contribution in [3.05, 3.63) is 34.9 Å². The molecule has 0 bridgehead atoms. The highest BCUT2D eigenvalue weighted by atomic mass is 16.5. The summed E-state index contributed by atoms with van der Waals surface area (Å²) in [6.45, 7) is 0.574. The number of benzene rings is 1. The zero-order chi connectivity index (χ0) is 14.1. The van der Waals surface area contributed by atoms with E-state index in [-0.39, 0.29) is 24.7 Å². The normalized spacial score (nSPS) is 25.0. The van der Waals surface area contributed by atoms with Gasteiger partial charge < -0.3 is 14.7 Å². The topological polar surface area (TPSA) is 49.8 Å². The van der Waals surface area contributed by atoms with Gasteiger partial charge in [-0.3, -0.25) is 4.79 Å². The molecule has 0 spiro atoms. The van der Waals surface area contributed by atoms with Crippen molar-refractivity contribution < 1.29 is 14.6 Å². The first-order chi connectivity index (χ1) is 9.74. The lowest BCUT2D eigenvalue weighted by Gasteiger charge is -2.24. The molecule has 1 aromatic rings. The average Bonchev–Trinajstić information content (AvgIpc) is 3.11. The van der Waals surface area contributed by atoms with Gasteiger partial charge in [-0.05, 0) is 42.9 Å². The Balaban J connectivity index is 1.87. The highest BCUT2D eigenvalue weighted by Gasteiger charge is 2.36. The summed E-state index contributed by atoms with van der Waals surface area (Å²) in [6.07, 6.45) is 3.94. The summed E-state index contributed by atoms with van der Waals surface area (Å²) in [4.78, 5) is 14.6. The fourth-order valence-electron chi connectivity index (χ4n) is 3.44. The van der Waals surface area contributed by atoms with Crippen LogP contribution in [0.4, 0.5) is 0 Å². The van der Waals surface area contributed by atoms with Crippen LogP contribution in [0.15, 0.2) is 18.2 Å². The Hall–Kier alpha value is -1.39. The van der Waals surface area contributed by atoms with Crippen molar-refractivity contribution in [2.45, 2.75) is 37.8 Å². The first-order valence-corrected chi connectivity index (χ1v) is 7.30. The summed E-state index contributed by atoms with van der Waals surface area (Å²) >= 11 is 0. The van der Waals surface area contributed by atoms with E-state index in [0.29, 0.717) is 13.0 Å². The van der Waals surface area contributed by atoms with Crippen LogP contribution in [-0.4, -0.2) is 48.3 Å². The van der Waals surface area contributed by atoms with Gasteiger partial charge in [-0.2, -0.15) is 0 Å². The molecule has 108 valence electrons. The van der Waals surface area contributed by atoms with Crippen LogP contribution in [0.3, 0.4) is 0 Å². The molecule has 20 heavy (non-hydrogen) atoms. The molecular weight excluding hydrogens is 254 g/mol. The van der Waals surface area contributed by atoms with Crippen LogP contribution in [0.25, 0.3) is 0 Å². The summed E-state index contributed by atoms with van der Waals surface area (Å²) in [7, 11) is 1.66. The second-order valence-electron chi connectivity index (χ2n) is 5.68. The van der Waals surface area contributed by atoms with Gasteiger partial charge in [-0.15, -0.1) is 0 Å². The first-order valence-electron chi connectivity index (χ1n) is 7.30. The lowest BCUT2D eigenvalue weighted by atomic mass is 10.0. The van der Waals surface area contributed by atoms with Crippen LogP contribution >= 0.6 is 0 Å². The van der Waals surface area contributed by atoms with Gasteiger partial charge in [-0.25, -0.2) is 0 Å². The van der Waals surface area contributed by atoms with Gasteiger partial charge in [-0.1, -0.05) is 12.1 Å². The number of aliphatic hydroxyl groups is 1. The molecular formula is C16H21NO3. The third-order valence-electron chi connectivity index (χ3n) is 4.56. The summed E-state index contributed by atoms with van der Waals surface area (Å²) in [5.74, 6) is 0.0438. The van der Waals surface area contributed by atoms with Gasteiger partial charge >= 0.3 is 0 Å². The van der Waals surface area contributed by atoms with Gasteiger partial charge in [0.05, 0.1) is 18.8 Å². The lowest BCUT2D eigenvalue weighted by Crippen LogP contribution is -2.38. The van der Waals surface area contributed by atoms with E-state index < -0.39 is 0 Å². The SMILES string of the molecule is CO[C@H]1C[C@@H](CO)N(C(=O)c2cccc3c2CCC3)C1. The standard InChI is InChI=1S/C16H21NO3/c1-20-13-8-12(10-18)17(9-13)16(19)15-7-3-5-11-4-2-6-14(11)15/h3,5,7,12-13,18H,2,4,6,8-10H2,1H3/t12-,13-/m0/s1. The van der Waals surface area contributed by atoms with Crippen LogP contribution in [-0.2, 0) is 17.6 Å². The number of ether oxygens (including phenoxy) is 1. The molecule has 1 amide bonds. The molecule has 1 fully saturated rings. The molecule has 0 radical (unpaired) electrons. The summed E-state index contributed by atoms with van der Waals surface area (Å²) < 4.78 is 5.35. The Morgan fingerprint density at radius 2 is 2.30 bits per heavy atom. The molecule has 4 heteroatoms. The number of carbonyl (C=O) groups excluding carboxylic acids is 1. The first kappa shape index (κ1) is 13.6. The molecule has 0 saturated carbocycles. The molecule has 1 heterocycles. The van der Waals surface area contributed by atoms with Crippen molar-refractivity contribution in [1.82, 2.24) is 4.90 Å². The van der Waals surface area contributed by atoms with Gasteiger partial charge in [0.25, 0.3) is 5.91 Å². The molecule has 2 atom stereocenters. The minimum absolute atomic E-state index is 0.000619. The molecule has 1 aromatic carbocycles. The maximum Gasteiger partial charge on any atom is 0.254 e. The van der Waals surface area contributed by atoms with Gasteiger partial charge in [0.15, 0.2) is 0 Å². The summed E-state index contributed by atoms with van der Waals surface area (Å²) in [6, 6.07) is 5.88. The van der Waals surface area contributed by atoms with E-state index in [9.17, 15) is 9.90 Å². The minimum Gasteiger partial charge on any atom is -0.394 e. The molecule has 0 aromatic heterocycles. The Morgan fingerprint density at radius 3 is 3.05 bits per heavy atom. The molecule has 4 nitrogen and oxygen atoms in total. The third kappa shape index (κ3) is 2.23. The van der Waals surface area contributed by atoms with Gasteiger partial charge in [0, 0.05) is 19.2 Å². The van der Waals surface area contributed by atoms with Crippen LogP contribution in [0.1, 0.15) is 34.3 Å². The number of fused-ring (bicyclic) bond motifs is 1. The number of aliphatic hydroxyl groups excluding tert-OH is 1. The molecule has 3 rings (SSSR count). The average molecular weight is 275 g/mol. The van der Waals surface area contributed by atoms with Crippen LogP contribution < -0.4 is 0 Å². The highest BCUT2D eigenvalue weighted by Crippen LogP contribution is 2.28. The van der Waals surface area contributed by atoms with E-state index in [1.807, 2.05) is 12.1 Å². The van der Waals surface area contributed by atoms with Crippen LogP contribution in [0.2, 0.25) is 0 Å². The predicted octanol–water partition coefficient (Wildman–Crippen LogP) is 1.40. The van der Waals surface area contributed by atoms with Gasteiger partial charge in [0.2, 0.25) is 0 Å². The predicted molar refractivity (Wildman–Crippen MR) is 75.8 cm³/mol. The smallest absolute Gasteiger partial charge is 0.254 e. The minimum atomic E-state index is -0.121. The summed E-state index contributed by atoms with van der Waals surface area (Å²) in [5.41, 5.74) is 3.32. The largest absolute Gasteiger partial charge is 0.394 e. The number of carbonyl (C=O) groups is 1. The number of nitrogens with zero attached hydrogens (tertiary/aromatic N) is 1. The quantitative estimate of drug-likeness (QED) is 0.907. The molecule has 2 aliphatic rings. The highest BCUT2D eigenvalue weighted by molar-refractivity contribution is 5.96. The number of hydrogen-bond donors (Lipinski definition) is 1. The Labute approximate surface area is 119 Å². The van der Waals surface area contributed by atoms with E-state index in [4.69, 9.17) is 4.74 Å². The Bertz CT molecular complexity index is 514. The van der Waals surface area contributed by atoms with E-state index in [2.05, 4.69) is 6.07 Å². The second kappa shape index (κ2) is 5.54. The maximum absolute atomic E-state index is 12.8. The molecule has 0 unspecified atom stereocenters. The molecule has 1 aliphatic heterocycles. The van der Waals surface area contributed by atoms with E-state index in [0.717, 1.165) is 24.8 Å². The van der Waals surface area contributed by atoms with Crippen LogP contribution in [0, 0.1) is 0 Å². The zero-order valence-corrected chi connectivity index (χ0v) is 11.8. The monoisotopic (exact) mass is 275 g/mol. The number of aryl methyl sites for hydroxylation is 1. The molecule has 1 aliphatic carbocycles. The number of methoxy groups -OCH3 is 1. The second-order valence-corrected chi connectivity index (χ2v) is 5.68. The van der Waals surface area contributed by atoms with Crippen molar-refractivity contribution in [3.8, 4) is 0 Å². The van der Waals surface area contributed by atoms with Crippen molar-refractivity contribution >= 4 is 5.91 Å². The van der Waals surface area contributed by atoms with Crippen molar-refractivity contribution in [2.24, 2.45) is 0 Å². The van der Waals surface area contributed by atoms with E-state index in [1.54, 1.807) is 12.0 Å². The summed E-state index contributed by atoms with van der Waals surface area (Å²) in [5, 5.41) is 9.49.